The average molecular weight is 397 g/mol. The fourth-order valence-electron chi connectivity index (χ4n) is 4.51. The summed E-state index contributed by atoms with van der Waals surface area (Å²) in [7, 11) is 0. The molecule has 0 unspecified atom stereocenters. The molecule has 1 aliphatic carbocycles. The van der Waals surface area contributed by atoms with Crippen LogP contribution in [0.25, 0.3) is 0 Å². The quantitative estimate of drug-likeness (QED) is 0.530. The van der Waals surface area contributed by atoms with E-state index >= 15 is 0 Å². The zero-order valence-corrected chi connectivity index (χ0v) is 17.3. The van der Waals surface area contributed by atoms with Crippen LogP contribution in [0.5, 0.6) is 0 Å². The van der Waals surface area contributed by atoms with Gasteiger partial charge in [0.1, 0.15) is 5.82 Å². The van der Waals surface area contributed by atoms with E-state index in [1.807, 2.05) is 29.2 Å². The largest absolute Gasteiger partial charge is 0.308 e. The number of para-hydroxylation sites is 1. The van der Waals surface area contributed by atoms with Crippen molar-refractivity contribution in [2.45, 2.75) is 69.1 Å². The lowest BCUT2D eigenvalue weighted by Gasteiger charge is -2.23. The molecule has 1 aromatic carbocycles. The predicted octanol–water partition coefficient (Wildman–Crippen LogP) is 4.58. The van der Waals surface area contributed by atoms with Gasteiger partial charge < -0.3 is 9.47 Å². The second kappa shape index (κ2) is 8.52. The van der Waals surface area contributed by atoms with Crippen molar-refractivity contribution in [3.8, 4) is 0 Å². The lowest BCUT2D eigenvalue weighted by atomic mass is 9.89. The van der Waals surface area contributed by atoms with Gasteiger partial charge in [0, 0.05) is 24.2 Å². The number of hydrogen-bond donors (Lipinski definition) is 0. The molecule has 1 atom stereocenters. The van der Waals surface area contributed by atoms with Gasteiger partial charge in [-0.25, -0.2) is 0 Å². The van der Waals surface area contributed by atoms with Gasteiger partial charge in [0.15, 0.2) is 5.16 Å². The fraction of sp³-hybridized carbons (Fsp3) is 0.500. The molecule has 4 rings (SSSR count). The number of thioether (sulfide) groups is 1. The molecule has 6 heteroatoms. The summed E-state index contributed by atoms with van der Waals surface area (Å²) in [5.41, 5.74) is 2.30. The van der Waals surface area contributed by atoms with Gasteiger partial charge in [-0.15, -0.1) is 16.8 Å². The third kappa shape index (κ3) is 3.75. The summed E-state index contributed by atoms with van der Waals surface area (Å²) in [5.74, 6) is 2.06. The minimum Gasteiger partial charge on any atom is -0.308 e. The second-order valence-electron chi connectivity index (χ2n) is 7.81. The number of allylic oxidation sites excluding steroid dienone is 1. The van der Waals surface area contributed by atoms with Crippen LogP contribution in [-0.2, 0) is 17.8 Å². The second-order valence-corrected chi connectivity index (χ2v) is 8.75. The van der Waals surface area contributed by atoms with Crippen LogP contribution in [0.1, 0.15) is 56.3 Å². The number of rotatable bonds is 6. The van der Waals surface area contributed by atoms with Crippen molar-refractivity contribution in [1.29, 1.82) is 0 Å². The lowest BCUT2D eigenvalue weighted by molar-refractivity contribution is -0.116. The van der Waals surface area contributed by atoms with Crippen LogP contribution in [-0.4, -0.2) is 32.5 Å². The molecule has 1 saturated carbocycles. The first-order chi connectivity index (χ1) is 13.7. The van der Waals surface area contributed by atoms with E-state index in [2.05, 4.69) is 34.3 Å². The number of anilines is 1. The third-order valence-electron chi connectivity index (χ3n) is 5.83. The van der Waals surface area contributed by atoms with E-state index in [-0.39, 0.29) is 11.9 Å². The molecular weight excluding hydrogens is 368 g/mol. The Morgan fingerprint density at radius 3 is 2.82 bits per heavy atom. The normalized spacial score (nSPS) is 19.6. The van der Waals surface area contributed by atoms with Gasteiger partial charge in [-0.1, -0.05) is 55.3 Å². The molecule has 2 aliphatic rings. The zero-order chi connectivity index (χ0) is 19.5. The fourth-order valence-corrected chi connectivity index (χ4v) is 5.33. The van der Waals surface area contributed by atoms with Crippen LogP contribution in [0.2, 0.25) is 0 Å². The Morgan fingerprint density at radius 1 is 1.25 bits per heavy atom. The van der Waals surface area contributed by atoms with Gasteiger partial charge in [-0.2, -0.15) is 0 Å². The minimum absolute atomic E-state index is 0.134. The smallest absolute Gasteiger partial charge is 0.237 e. The maximum Gasteiger partial charge on any atom is 0.237 e. The first kappa shape index (κ1) is 19.2. The molecule has 1 aromatic heterocycles. The number of carbonyl (C=O) groups excluding carboxylic acids is 1. The zero-order valence-electron chi connectivity index (χ0n) is 16.5. The summed E-state index contributed by atoms with van der Waals surface area (Å²) >= 11 is 1.49. The standard InChI is InChI=1S/C22H28N4OS/c1-3-13-25-21(17-9-5-4-6-10-17)23-24-22(25)28-15-20(27)26-16(2)14-18-11-7-8-12-19(18)26/h3,7-8,11-12,16-17H,1,4-6,9-10,13-15H2,2H3/t16-/m1/s1. The lowest BCUT2D eigenvalue weighted by Crippen LogP contribution is -2.37. The van der Waals surface area contributed by atoms with Crippen LogP contribution < -0.4 is 4.90 Å². The summed E-state index contributed by atoms with van der Waals surface area (Å²) in [6.07, 6.45) is 9.02. The SMILES string of the molecule is C=CCn1c(SCC(=O)N2c3ccccc3C[C@H]2C)nnc1C1CCCCC1. The number of carbonyl (C=O) groups is 1. The van der Waals surface area contributed by atoms with E-state index in [0.29, 0.717) is 18.2 Å². The van der Waals surface area contributed by atoms with Crippen LogP contribution in [0.3, 0.4) is 0 Å². The molecule has 2 aromatic rings. The monoisotopic (exact) mass is 396 g/mol. The first-order valence-corrected chi connectivity index (χ1v) is 11.2. The molecule has 0 saturated heterocycles. The maximum absolute atomic E-state index is 13.0. The summed E-state index contributed by atoms with van der Waals surface area (Å²) in [6, 6.07) is 8.40. The highest BCUT2D eigenvalue weighted by molar-refractivity contribution is 7.99. The van der Waals surface area contributed by atoms with E-state index in [4.69, 9.17) is 0 Å². The number of fused-ring (bicyclic) bond motifs is 1. The van der Waals surface area contributed by atoms with Gasteiger partial charge in [-0.05, 0) is 37.8 Å². The Bertz CT molecular complexity index is 856. The van der Waals surface area contributed by atoms with Gasteiger partial charge in [0.05, 0.1) is 5.75 Å². The molecule has 0 spiro atoms. The molecule has 28 heavy (non-hydrogen) atoms. The minimum atomic E-state index is 0.134. The highest BCUT2D eigenvalue weighted by Gasteiger charge is 2.31. The van der Waals surface area contributed by atoms with Crippen molar-refractivity contribution in [1.82, 2.24) is 14.8 Å². The van der Waals surface area contributed by atoms with Crippen LogP contribution >= 0.6 is 11.8 Å². The van der Waals surface area contributed by atoms with Crippen molar-refractivity contribution < 1.29 is 4.79 Å². The van der Waals surface area contributed by atoms with Crippen LogP contribution in [0.15, 0.2) is 42.1 Å². The summed E-state index contributed by atoms with van der Waals surface area (Å²) < 4.78 is 2.16. The molecule has 148 valence electrons. The average Bonchev–Trinajstić information content (AvgIpc) is 3.27. The molecule has 0 radical (unpaired) electrons. The highest BCUT2D eigenvalue weighted by atomic mass is 32.2. The topological polar surface area (TPSA) is 51.0 Å². The highest BCUT2D eigenvalue weighted by Crippen LogP contribution is 2.35. The Kier molecular flexibility index (Phi) is 5.85. The number of benzene rings is 1. The van der Waals surface area contributed by atoms with Crippen LogP contribution in [0, 0.1) is 0 Å². The Labute approximate surface area is 171 Å². The van der Waals surface area contributed by atoms with Crippen molar-refractivity contribution >= 4 is 23.4 Å². The van der Waals surface area contributed by atoms with E-state index in [9.17, 15) is 4.79 Å². The molecule has 5 nitrogen and oxygen atoms in total. The molecule has 2 heterocycles. The molecule has 0 bridgehead atoms. The number of amides is 1. The van der Waals surface area contributed by atoms with Gasteiger partial charge in [0.2, 0.25) is 5.91 Å². The Hall–Kier alpha value is -2.08. The molecular formula is C22H28N4OS. The van der Waals surface area contributed by atoms with E-state index < -0.39 is 0 Å². The van der Waals surface area contributed by atoms with E-state index in [0.717, 1.165) is 23.1 Å². The third-order valence-corrected chi connectivity index (χ3v) is 6.78. The Balaban J connectivity index is 1.48. The van der Waals surface area contributed by atoms with Crippen molar-refractivity contribution in [3.05, 3.63) is 48.3 Å². The summed E-state index contributed by atoms with van der Waals surface area (Å²) in [4.78, 5) is 14.9. The number of hydrogen-bond acceptors (Lipinski definition) is 4. The maximum atomic E-state index is 13.0. The molecule has 0 N–H and O–H groups in total. The predicted molar refractivity (Wildman–Crippen MR) is 114 cm³/mol. The summed E-state index contributed by atoms with van der Waals surface area (Å²) in [6.45, 7) is 6.70. The first-order valence-electron chi connectivity index (χ1n) is 10.3. The van der Waals surface area contributed by atoms with E-state index in [1.54, 1.807) is 0 Å². The van der Waals surface area contributed by atoms with Gasteiger partial charge in [0.25, 0.3) is 0 Å². The molecule has 1 fully saturated rings. The van der Waals surface area contributed by atoms with Crippen molar-refractivity contribution in [2.75, 3.05) is 10.7 Å². The summed E-state index contributed by atoms with van der Waals surface area (Å²) in [5, 5.41) is 9.76. The van der Waals surface area contributed by atoms with E-state index in [1.165, 1.54) is 49.4 Å². The van der Waals surface area contributed by atoms with Crippen molar-refractivity contribution in [3.63, 3.8) is 0 Å². The van der Waals surface area contributed by atoms with Gasteiger partial charge in [-0.3, -0.25) is 4.79 Å². The number of aromatic nitrogens is 3. The Morgan fingerprint density at radius 2 is 2.04 bits per heavy atom. The molecule has 1 amide bonds. The van der Waals surface area contributed by atoms with Gasteiger partial charge >= 0.3 is 0 Å². The molecule has 1 aliphatic heterocycles. The van der Waals surface area contributed by atoms with Crippen molar-refractivity contribution in [2.24, 2.45) is 0 Å². The number of nitrogens with zero attached hydrogens (tertiary/aromatic N) is 4. The van der Waals surface area contributed by atoms with Crippen LogP contribution in [0.4, 0.5) is 5.69 Å².